The van der Waals surface area contributed by atoms with Crippen molar-refractivity contribution in [1.82, 2.24) is 9.80 Å². The number of esters is 1. The minimum atomic E-state index is -0.500. The molecule has 1 aromatic rings. The third-order valence-corrected chi connectivity index (χ3v) is 3.80. The molecular weight excluding hydrogens is 298 g/mol. The van der Waals surface area contributed by atoms with Gasteiger partial charge < -0.3 is 19.9 Å². The summed E-state index contributed by atoms with van der Waals surface area (Å²) in [6.07, 6.45) is 0.728. The molecule has 1 aliphatic rings. The minimum Gasteiger partial charge on any atom is -0.465 e. The first-order valence-electron chi connectivity index (χ1n) is 7.51. The Labute approximate surface area is 135 Å². The average Bonchev–Trinajstić information content (AvgIpc) is 2.81. The van der Waals surface area contributed by atoms with E-state index in [2.05, 4.69) is 5.32 Å². The van der Waals surface area contributed by atoms with Gasteiger partial charge in [-0.3, -0.25) is 4.79 Å². The number of hydrogen-bond donors (Lipinski definition) is 1. The van der Waals surface area contributed by atoms with Crippen LogP contribution in [0.2, 0.25) is 0 Å². The molecule has 1 saturated heterocycles. The van der Waals surface area contributed by atoms with Crippen molar-refractivity contribution in [1.29, 1.82) is 0 Å². The number of rotatable bonds is 2. The summed E-state index contributed by atoms with van der Waals surface area (Å²) in [4.78, 5) is 39.0. The maximum atomic E-state index is 12.4. The fraction of sp³-hybridized carbons (Fsp3) is 0.438. The molecule has 0 saturated carbocycles. The summed E-state index contributed by atoms with van der Waals surface area (Å²) in [6, 6.07) is 6.41. The Hall–Kier alpha value is -2.57. The largest absolute Gasteiger partial charge is 0.465 e. The van der Waals surface area contributed by atoms with E-state index in [0.29, 0.717) is 37.4 Å². The first kappa shape index (κ1) is 16.8. The monoisotopic (exact) mass is 319 g/mol. The number of amides is 3. The quantitative estimate of drug-likeness (QED) is 0.839. The Morgan fingerprint density at radius 2 is 1.70 bits per heavy atom. The van der Waals surface area contributed by atoms with Gasteiger partial charge in [0.05, 0.1) is 18.4 Å². The van der Waals surface area contributed by atoms with Gasteiger partial charge in [-0.2, -0.15) is 0 Å². The molecule has 0 aromatic heterocycles. The third-order valence-electron chi connectivity index (χ3n) is 3.80. The topological polar surface area (TPSA) is 79.0 Å². The van der Waals surface area contributed by atoms with Crippen LogP contribution >= 0.6 is 0 Å². The normalized spacial score (nSPS) is 14.9. The molecule has 1 heterocycles. The van der Waals surface area contributed by atoms with Gasteiger partial charge in [-0.15, -0.1) is 0 Å². The van der Waals surface area contributed by atoms with Gasteiger partial charge in [0.25, 0.3) is 0 Å². The second kappa shape index (κ2) is 7.62. The number of hydrogen-bond acceptors (Lipinski definition) is 4. The van der Waals surface area contributed by atoms with E-state index in [9.17, 15) is 14.4 Å². The maximum Gasteiger partial charge on any atom is 0.339 e. The molecule has 1 fully saturated rings. The van der Waals surface area contributed by atoms with Crippen molar-refractivity contribution in [2.45, 2.75) is 13.3 Å². The zero-order chi connectivity index (χ0) is 16.8. The lowest BCUT2D eigenvalue weighted by Crippen LogP contribution is -2.39. The van der Waals surface area contributed by atoms with Crippen LogP contribution in [-0.2, 0) is 9.53 Å². The molecule has 0 bridgehead atoms. The molecule has 0 radical (unpaired) electrons. The summed E-state index contributed by atoms with van der Waals surface area (Å²) in [7, 11) is 1.30. The van der Waals surface area contributed by atoms with Crippen LogP contribution in [0.3, 0.4) is 0 Å². The highest BCUT2D eigenvalue weighted by Crippen LogP contribution is 2.17. The summed E-state index contributed by atoms with van der Waals surface area (Å²) in [5, 5.41) is 2.75. The summed E-state index contributed by atoms with van der Waals surface area (Å²) < 4.78 is 4.72. The summed E-state index contributed by atoms with van der Waals surface area (Å²) in [5.41, 5.74) is 0.723. The molecule has 23 heavy (non-hydrogen) atoms. The Morgan fingerprint density at radius 3 is 2.39 bits per heavy atom. The van der Waals surface area contributed by atoms with Crippen LogP contribution < -0.4 is 5.32 Å². The molecule has 1 N–H and O–H groups in total. The lowest BCUT2D eigenvalue weighted by atomic mass is 10.2. The van der Waals surface area contributed by atoms with E-state index in [0.717, 1.165) is 6.42 Å². The van der Waals surface area contributed by atoms with Gasteiger partial charge in [0.2, 0.25) is 5.91 Å². The van der Waals surface area contributed by atoms with E-state index in [-0.39, 0.29) is 11.9 Å². The molecular formula is C16H21N3O4. The second-order valence-electron chi connectivity index (χ2n) is 5.31. The first-order chi connectivity index (χ1) is 11.0. The lowest BCUT2D eigenvalue weighted by molar-refractivity contribution is -0.128. The number of para-hydroxylation sites is 1. The van der Waals surface area contributed by atoms with E-state index < -0.39 is 5.97 Å². The maximum absolute atomic E-state index is 12.4. The van der Waals surface area contributed by atoms with Crippen LogP contribution in [-0.4, -0.2) is 61.0 Å². The highest BCUT2D eigenvalue weighted by Gasteiger charge is 2.21. The van der Waals surface area contributed by atoms with Crippen LogP contribution in [0.1, 0.15) is 23.7 Å². The third kappa shape index (κ3) is 4.21. The number of nitrogens with one attached hydrogen (secondary N) is 1. The molecule has 0 spiro atoms. The number of nitrogens with zero attached hydrogens (tertiary/aromatic N) is 2. The van der Waals surface area contributed by atoms with E-state index in [1.165, 1.54) is 14.0 Å². The van der Waals surface area contributed by atoms with E-state index in [1.807, 2.05) is 0 Å². The molecule has 7 nitrogen and oxygen atoms in total. The molecule has 7 heteroatoms. The fourth-order valence-corrected chi connectivity index (χ4v) is 2.51. The van der Waals surface area contributed by atoms with Crippen molar-refractivity contribution in [3.63, 3.8) is 0 Å². The number of benzene rings is 1. The summed E-state index contributed by atoms with van der Waals surface area (Å²) >= 11 is 0. The predicted octanol–water partition coefficient (Wildman–Crippen LogP) is 1.56. The molecule has 1 aromatic carbocycles. The Balaban J connectivity index is 2.05. The van der Waals surface area contributed by atoms with Gasteiger partial charge >= 0.3 is 12.0 Å². The molecule has 0 aliphatic carbocycles. The van der Waals surface area contributed by atoms with Gasteiger partial charge in [0.15, 0.2) is 0 Å². The molecule has 0 unspecified atom stereocenters. The number of carbonyl (C=O) groups is 3. The zero-order valence-corrected chi connectivity index (χ0v) is 13.4. The number of methoxy groups -OCH3 is 1. The van der Waals surface area contributed by atoms with Crippen molar-refractivity contribution in [2.24, 2.45) is 0 Å². The average molecular weight is 319 g/mol. The van der Waals surface area contributed by atoms with Crippen molar-refractivity contribution in [3.8, 4) is 0 Å². The second-order valence-corrected chi connectivity index (χ2v) is 5.31. The molecule has 124 valence electrons. The molecule has 0 atom stereocenters. The van der Waals surface area contributed by atoms with Crippen molar-refractivity contribution < 1.29 is 19.1 Å². The standard InChI is InChI=1S/C16H21N3O4/c1-12(20)18-8-5-9-19(11-10-18)16(22)17-14-7-4-3-6-13(14)15(21)23-2/h3-4,6-7H,5,8-11H2,1-2H3,(H,17,22). The van der Waals surface area contributed by atoms with Crippen molar-refractivity contribution in [3.05, 3.63) is 29.8 Å². The Morgan fingerprint density at radius 1 is 1.04 bits per heavy atom. The molecule has 3 amide bonds. The van der Waals surface area contributed by atoms with Gasteiger partial charge in [-0.05, 0) is 18.6 Å². The first-order valence-corrected chi connectivity index (χ1v) is 7.51. The zero-order valence-electron chi connectivity index (χ0n) is 13.4. The van der Waals surface area contributed by atoms with Gasteiger partial charge in [0, 0.05) is 33.1 Å². The van der Waals surface area contributed by atoms with E-state index in [4.69, 9.17) is 4.74 Å². The Kier molecular flexibility index (Phi) is 5.56. The number of anilines is 1. The molecule has 1 aliphatic heterocycles. The number of urea groups is 1. The van der Waals surface area contributed by atoms with E-state index >= 15 is 0 Å². The number of carbonyl (C=O) groups excluding carboxylic acids is 3. The van der Waals surface area contributed by atoms with Crippen molar-refractivity contribution in [2.75, 3.05) is 38.6 Å². The van der Waals surface area contributed by atoms with Crippen LogP contribution in [0, 0.1) is 0 Å². The van der Waals surface area contributed by atoms with Crippen LogP contribution in [0.15, 0.2) is 24.3 Å². The number of ether oxygens (including phenoxy) is 1. The van der Waals surface area contributed by atoms with Crippen LogP contribution in [0.5, 0.6) is 0 Å². The fourth-order valence-electron chi connectivity index (χ4n) is 2.51. The highest BCUT2D eigenvalue weighted by atomic mass is 16.5. The van der Waals surface area contributed by atoms with Crippen molar-refractivity contribution >= 4 is 23.6 Å². The van der Waals surface area contributed by atoms with Crippen LogP contribution in [0.4, 0.5) is 10.5 Å². The highest BCUT2D eigenvalue weighted by molar-refractivity contribution is 6.00. The van der Waals surface area contributed by atoms with Gasteiger partial charge in [-0.1, -0.05) is 12.1 Å². The van der Waals surface area contributed by atoms with Crippen LogP contribution in [0.25, 0.3) is 0 Å². The van der Waals surface area contributed by atoms with Gasteiger partial charge in [0.1, 0.15) is 0 Å². The predicted molar refractivity (Wildman–Crippen MR) is 85.2 cm³/mol. The molecule has 2 rings (SSSR count). The minimum absolute atomic E-state index is 0.0169. The van der Waals surface area contributed by atoms with Gasteiger partial charge in [-0.25, -0.2) is 9.59 Å². The smallest absolute Gasteiger partial charge is 0.339 e. The summed E-state index contributed by atoms with van der Waals surface area (Å²) in [6.45, 7) is 3.73. The van der Waals surface area contributed by atoms with E-state index in [1.54, 1.807) is 34.1 Å². The SMILES string of the molecule is COC(=O)c1ccccc1NC(=O)N1CCCN(C(C)=O)CC1. The summed E-state index contributed by atoms with van der Waals surface area (Å²) in [5.74, 6) is -0.484. The Bertz CT molecular complexity index is 603. The lowest BCUT2D eigenvalue weighted by Gasteiger charge is -2.22.